The first-order valence-corrected chi connectivity index (χ1v) is 7.70. The summed E-state index contributed by atoms with van der Waals surface area (Å²) in [5, 5.41) is 7.15. The van der Waals surface area contributed by atoms with Crippen LogP contribution in [0.4, 0.5) is 5.82 Å². The Bertz CT molecular complexity index is 618. The summed E-state index contributed by atoms with van der Waals surface area (Å²) in [6, 6.07) is 9.83. The summed E-state index contributed by atoms with van der Waals surface area (Å²) in [4.78, 5) is 12.1. The van der Waals surface area contributed by atoms with Gasteiger partial charge in [-0.3, -0.25) is 4.79 Å². The third kappa shape index (κ3) is 3.51. The molecule has 1 aliphatic rings. The molecular formula is C15H16BrN3O2. The summed E-state index contributed by atoms with van der Waals surface area (Å²) in [6.07, 6.45) is 3.08. The van der Waals surface area contributed by atoms with Gasteiger partial charge in [0, 0.05) is 17.1 Å². The maximum Gasteiger partial charge on any atom is 0.254 e. The van der Waals surface area contributed by atoms with Crippen LogP contribution in [0.1, 0.15) is 18.4 Å². The molecule has 0 aliphatic carbocycles. The Morgan fingerprint density at radius 2 is 2.19 bits per heavy atom. The number of nitrogens with zero attached hydrogens (tertiary/aromatic N) is 2. The second-order valence-corrected chi connectivity index (χ2v) is 5.91. The molecule has 21 heavy (non-hydrogen) atoms. The second-order valence-electron chi connectivity index (χ2n) is 4.99. The first-order chi connectivity index (χ1) is 10.2. The molecule has 2 aromatic rings. The van der Waals surface area contributed by atoms with Crippen LogP contribution in [-0.4, -0.2) is 28.4 Å². The number of carbonyl (C=O) groups excluding carboxylic acids is 1. The number of aromatic nitrogens is 2. The van der Waals surface area contributed by atoms with Gasteiger partial charge in [0.1, 0.15) is 11.9 Å². The van der Waals surface area contributed by atoms with Gasteiger partial charge >= 0.3 is 0 Å². The monoisotopic (exact) mass is 349 g/mol. The van der Waals surface area contributed by atoms with Gasteiger partial charge in [0.2, 0.25) is 0 Å². The van der Waals surface area contributed by atoms with Gasteiger partial charge in [0.25, 0.3) is 5.91 Å². The molecule has 3 rings (SSSR count). The first-order valence-electron chi connectivity index (χ1n) is 6.91. The molecule has 1 aliphatic heterocycles. The highest BCUT2D eigenvalue weighted by Crippen LogP contribution is 2.17. The fourth-order valence-electron chi connectivity index (χ4n) is 2.32. The maximum atomic E-state index is 12.1. The van der Waals surface area contributed by atoms with Gasteiger partial charge in [-0.2, -0.15) is 5.10 Å². The summed E-state index contributed by atoms with van der Waals surface area (Å²) >= 11 is 3.41. The lowest BCUT2D eigenvalue weighted by Crippen LogP contribution is -2.28. The molecule has 1 saturated heterocycles. The lowest BCUT2D eigenvalue weighted by Gasteiger charge is -2.12. The average molecular weight is 350 g/mol. The summed E-state index contributed by atoms with van der Waals surface area (Å²) < 4.78 is 8.20. The smallest absolute Gasteiger partial charge is 0.254 e. The lowest BCUT2D eigenvalue weighted by atomic mass is 10.2. The number of amides is 1. The number of nitrogens with one attached hydrogen (secondary N) is 1. The van der Waals surface area contributed by atoms with E-state index in [1.54, 1.807) is 16.9 Å². The van der Waals surface area contributed by atoms with Crippen LogP contribution in [-0.2, 0) is 16.1 Å². The van der Waals surface area contributed by atoms with Crippen LogP contribution in [0.3, 0.4) is 0 Å². The number of halogens is 1. The second kappa shape index (κ2) is 6.41. The third-order valence-electron chi connectivity index (χ3n) is 3.44. The van der Waals surface area contributed by atoms with Crippen molar-refractivity contribution in [2.75, 3.05) is 11.9 Å². The van der Waals surface area contributed by atoms with E-state index >= 15 is 0 Å². The van der Waals surface area contributed by atoms with E-state index in [9.17, 15) is 4.79 Å². The Hall–Kier alpha value is -1.66. The largest absolute Gasteiger partial charge is 0.368 e. The van der Waals surface area contributed by atoms with Crippen LogP contribution in [0.5, 0.6) is 0 Å². The third-order valence-corrected chi connectivity index (χ3v) is 3.96. The molecule has 0 bridgehead atoms. The van der Waals surface area contributed by atoms with Crippen molar-refractivity contribution >= 4 is 27.7 Å². The van der Waals surface area contributed by atoms with E-state index in [4.69, 9.17) is 4.74 Å². The van der Waals surface area contributed by atoms with E-state index in [0.29, 0.717) is 19.0 Å². The minimum Gasteiger partial charge on any atom is -0.368 e. The van der Waals surface area contributed by atoms with Crippen molar-refractivity contribution in [1.82, 2.24) is 9.78 Å². The van der Waals surface area contributed by atoms with Gasteiger partial charge in [-0.05, 0) is 30.5 Å². The van der Waals surface area contributed by atoms with E-state index in [1.165, 1.54) is 0 Å². The molecule has 0 saturated carbocycles. The molecule has 1 amide bonds. The molecule has 1 aromatic carbocycles. The van der Waals surface area contributed by atoms with Crippen LogP contribution in [0.25, 0.3) is 0 Å². The van der Waals surface area contributed by atoms with Gasteiger partial charge in [0.05, 0.1) is 12.7 Å². The number of hydrogen-bond acceptors (Lipinski definition) is 3. The molecule has 1 aromatic heterocycles. The van der Waals surface area contributed by atoms with Crippen molar-refractivity contribution in [3.8, 4) is 0 Å². The molecule has 110 valence electrons. The van der Waals surface area contributed by atoms with Crippen molar-refractivity contribution in [3.63, 3.8) is 0 Å². The minimum absolute atomic E-state index is 0.0925. The van der Waals surface area contributed by atoms with Gasteiger partial charge in [-0.25, -0.2) is 4.68 Å². The SMILES string of the molecule is O=C(Nc1ccnn1Cc1ccc(Br)cc1)[C@@H]1CCCO1. The number of rotatable bonds is 4. The zero-order valence-electron chi connectivity index (χ0n) is 11.5. The van der Waals surface area contributed by atoms with Crippen LogP contribution < -0.4 is 5.32 Å². The van der Waals surface area contributed by atoms with Gasteiger partial charge < -0.3 is 10.1 Å². The zero-order chi connectivity index (χ0) is 14.7. The number of benzene rings is 1. The van der Waals surface area contributed by atoms with E-state index in [2.05, 4.69) is 26.3 Å². The molecule has 0 spiro atoms. The fourth-order valence-corrected chi connectivity index (χ4v) is 2.58. The number of ether oxygens (including phenoxy) is 1. The predicted octanol–water partition coefficient (Wildman–Crippen LogP) is 2.81. The van der Waals surface area contributed by atoms with Crippen molar-refractivity contribution in [2.24, 2.45) is 0 Å². The Labute approximate surface area is 131 Å². The molecule has 0 radical (unpaired) electrons. The topological polar surface area (TPSA) is 56.2 Å². The van der Waals surface area contributed by atoms with Crippen LogP contribution in [0.15, 0.2) is 41.0 Å². The molecule has 1 fully saturated rings. The molecule has 2 heterocycles. The quantitative estimate of drug-likeness (QED) is 0.923. The molecule has 5 nitrogen and oxygen atoms in total. The zero-order valence-corrected chi connectivity index (χ0v) is 13.0. The Kier molecular flexibility index (Phi) is 4.36. The Morgan fingerprint density at radius 1 is 1.38 bits per heavy atom. The highest BCUT2D eigenvalue weighted by atomic mass is 79.9. The molecule has 6 heteroatoms. The van der Waals surface area contributed by atoms with Gasteiger partial charge in [0.15, 0.2) is 0 Å². The number of carbonyl (C=O) groups is 1. The van der Waals surface area contributed by atoms with E-state index in [0.717, 1.165) is 22.9 Å². The van der Waals surface area contributed by atoms with Crippen LogP contribution in [0.2, 0.25) is 0 Å². The predicted molar refractivity (Wildman–Crippen MR) is 83.1 cm³/mol. The van der Waals surface area contributed by atoms with E-state index in [-0.39, 0.29) is 12.0 Å². The van der Waals surface area contributed by atoms with Crippen LogP contribution >= 0.6 is 15.9 Å². The molecule has 0 unspecified atom stereocenters. The first kappa shape index (κ1) is 14.3. The Balaban J connectivity index is 1.68. The van der Waals surface area contributed by atoms with Gasteiger partial charge in [-0.15, -0.1) is 0 Å². The Morgan fingerprint density at radius 3 is 2.90 bits per heavy atom. The van der Waals surface area contributed by atoms with Crippen molar-refractivity contribution in [1.29, 1.82) is 0 Å². The van der Waals surface area contributed by atoms with Crippen LogP contribution in [0, 0.1) is 0 Å². The normalized spacial score (nSPS) is 17.9. The van der Waals surface area contributed by atoms with Crippen molar-refractivity contribution in [2.45, 2.75) is 25.5 Å². The van der Waals surface area contributed by atoms with Gasteiger partial charge in [-0.1, -0.05) is 28.1 Å². The highest BCUT2D eigenvalue weighted by Gasteiger charge is 2.24. The summed E-state index contributed by atoms with van der Waals surface area (Å²) in [5.41, 5.74) is 1.12. The minimum atomic E-state index is -0.332. The maximum absolute atomic E-state index is 12.1. The molecular weight excluding hydrogens is 334 g/mol. The van der Waals surface area contributed by atoms with E-state index in [1.807, 2.05) is 24.3 Å². The summed E-state index contributed by atoms with van der Waals surface area (Å²) in [7, 11) is 0. The number of anilines is 1. The summed E-state index contributed by atoms with van der Waals surface area (Å²) in [5.74, 6) is 0.600. The van der Waals surface area contributed by atoms with Crippen molar-refractivity contribution in [3.05, 3.63) is 46.6 Å². The highest BCUT2D eigenvalue weighted by molar-refractivity contribution is 9.10. The molecule has 1 atom stereocenters. The molecule has 1 N–H and O–H groups in total. The van der Waals surface area contributed by atoms with Crippen molar-refractivity contribution < 1.29 is 9.53 Å². The lowest BCUT2D eigenvalue weighted by molar-refractivity contribution is -0.124. The number of hydrogen-bond donors (Lipinski definition) is 1. The average Bonchev–Trinajstić information content (AvgIpc) is 3.14. The standard InChI is InChI=1S/C15H16BrN3O2/c16-12-5-3-11(4-6-12)10-19-14(7-8-17-19)18-15(20)13-2-1-9-21-13/h3-8,13H,1-2,9-10H2,(H,18,20)/t13-/m0/s1. The summed E-state index contributed by atoms with van der Waals surface area (Å²) in [6.45, 7) is 1.28. The fraction of sp³-hybridized carbons (Fsp3) is 0.333. The van der Waals surface area contributed by atoms with E-state index < -0.39 is 0 Å².